The first kappa shape index (κ1) is 12.4. The second-order valence-electron chi connectivity index (χ2n) is 3.97. The molecule has 4 nitrogen and oxygen atoms in total. The summed E-state index contributed by atoms with van der Waals surface area (Å²) in [4.78, 5) is 0. The molecule has 92 valence electrons. The lowest BCUT2D eigenvalue weighted by Crippen LogP contribution is -2.16. The van der Waals surface area contributed by atoms with Gasteiger partial charge in [0.25, 0.3) is 0 Å². The van der Waals surface area contributed by atoms with Crippen molar-refractivity contribution in [1.82, 2.24) is 9.78 Å². The zero-order valence-corrected chi connectivity index (χ0v) is 11.7. The molecule has 0 unspecified atom stereocenters. The SMILES string of the molecule is CO[C@H](C)COc1ccc(Br)c2cn(C)nc12. The molecule has 1 heterocycles. The van der Waals surface area contributed by atoms with E-state index in [1.165, 1.54) is 0 Å². The van der Waals surface area contributed by atoms with E-state index in [-0.39, 0.29) is 6.10 Å². The topological polar surface area (TPSA) is 36.3 Å². The fourth-order valence-electron chi connectivity index (χ4n) is 1.55. The Balaban J connectivity index is 2.31. The summed E-state index contributed by atoms with van der Waals surface area (Å²) in [7, 11) is 3.57. The van der Waals surface area contributed by atoms with Crippen molar-refractivity contribution in [3.63, 3.8) is 0 Å². The van der Waals surface area contributed by atoms with Crippen LogP contribution in [-0.4, -0.2) is 29.6 Å². The van der Waals surface area contributed by atoms with Gasteiger partial charge in [-0.05, 0) is 19.1 Å². The van der Waals surface area contributed by atoms with Gasteiger partial charge < -0.3 is 9.47 Å². The Labute approximate surface area is 109 Å². The molecule has 0 aliphatic heterocycles. The highest BCUT2D eigenvalue weighted by atomic mass is 79.9. The van der Waals surface area contributed by atoms with Crippen LogP contribution in [0, 0.1) is 0 Å². The van der Waals surface area contributed by atoms with E-state index in [1.807, 2.05) is 32.3 Å². The second-order valence-corrected chi connectivity index (χ2v) is 4.82. The van der Waals surface area contributed by atoms with Crippen molar-refractivity contribution in [2.24, 2.45) is 7.05 Å². The van der Waals surface area contributed by atoms with Gasteiger partial charge in [0.05, 0.1) is 6.10 Å². The van der Waals surface area contributed by atoms with E-state index >= 15 is 0 Å². The quantitative estimate of drug-likeness (QED) is 0.871. The summed E-state index contributed by atoms with van der Waals surface area (Å²) in [5.74, 6) is 0.785. The number of methoxy groups -OCH3 is 1. The average Bonchev–Trinajstić information content (AvgIpc) is 2.70. The average molecular weight is 299 g/mol. The van der Waals surface area contributed by atoms with Gasteiger partial charge >= 0.3 is 0 Å². The Kier molecular flexibility index (Phi) is 3.69. The van der Waals surface area contributed by atoms with Crippen LogP contribution in [0.4, 0.5) is 0 Å². The summed E-state index contributed by atoms with van der Waals surface area (Å²) < 4.78 is 13.7. The molecule has 1 aromatic carbocycles. The van der Waals surface area contributed by atoms with Gasteiger partial charge in [-0.2, -0.15) is 5.10 Å². The molecular weight excluding hydrogens is 284 g/mol. The molecule has 0 aliphatic carbocycles. The van der Waals surface area contributed by atoms with Crippen molar-refractivity contribution in [1.29, 1.82) is 0 Å². The number of aromatic nitrogens is 2. The molecule has 0 spiro atoms. The van der Waals surface area contributed by atoms with E-state index in [9.17, 15) is 0 Å². The molecule has 0 radical (unpaired) electrons. The lowest BCUT2D eigenvalue weighted by molar-refractivity contribution is 0.0721. The number of nitrogens with zero attached hydrogens (tertiary/aromatic N) is 2. The molecule has 0 aliphatic rings. The molecule has 2 rings (SSSR count). The Morgan fingerprint density at radius 2 is 2.24 bits per heavy atom. The number of hydrogen-bond acceptors (Lipinski definition) is 3. The van der Waals surface area contributed by atoms with Gasteiger partial charge in [0.15, 0.2) is 0 Å². The monoisotopic (exact) mass is 298 g/mol. The molecule has 0 saturated carbocycles. The molecule has 0 saturated heterocycles. The van der Waals surface area contributed by atoms with Crippen LogP contribution in [0.5, 0.6) is 5.75 Å². The van der Waals surface area contributed by atoms with Crippen LogP contribution < -0.4 is 4.74 Å². The summed E-state index contributed by atoms with van der Waals surface area (Å²) >= 11 is 3.50. The zero-order valence-electron chi connectivity index (χ0n) is 10.1. The predicted octanol–water partition coefficient (Wildman–Crippen LogP) is 2.75. The Morgan fingerprint density at radius 1 is 1.47 bits per heavy atom. The largest absolute Gasteiger partial charge is 0.489 e. The van der Waals surface area contributed by atoms with Crippen LogP contribution in [0.25, 0.3) is 10.9 Å². The van der Waals surface area contributed by atoms with E-state index in [4.69, 9.17) is 9.47 Å². The number of aryl methyl sites for hydroxylation is 1. The van der Waals surface area contributed by atoms with Crippen molar-refractivity contribution in [3.05, 3.63) is 22.8 Å². The lowest BCUT2D eigenvalue weighted by atomic mass is 10.2. The minimum Gasteiger partial charge on any atom is -0.489 e. The zero-order chi connectivity index (χ0) is 12.4. The Bertz CT molecular complexity index is 524. The van der Waals surface area contributed by atoms with Crippen LogP contribution in [0.2, 0.25) is 0 Å². The molecular formula is C12H15BrN2O2. The third kappa shape index (κ3) is 2.61. The molecule has 17 heavy (non-hydrogen) atoms. The smallest absolute Gasteiger partial charge is 0.147 e. The van der Waals surface area contributed by atoms with Crippen LogP contribution >= 0.6 is 15.9 Å². The van der Waals surface area contributed by atoms with E-state index in [0.29, 0.717) is 6.61 Å². The van der Waals surface area contributed by atoms with Crippen molar-refractivity contribution < 1.29 is 9.47 Å². The summed E-state index contributed by atoms with van der Waals surface area (Å²) in [6, 6.07) is 3.89. The van der Waals surface area contributed by atoms with Crippen LogP contribution in [0.1, 0.15) is 6.92 Å². The first-order valence-electron chi connectivity index (χ1n) is 5.39. The van der Waals surface area contributed by atoms with Crippen molar-refractivity contribution in [3.8, 4) is 5.75 Å². The molecule has 1 atom stereocenters. The highest BCUT2D eigenvalue weighted by Gasteiger charge is 2.10. The minimum absolute atomic E-state index is 0.0670. The summed E-state index contributed by atoms with van der Waals surface area (Å²) in [5, 5.41) is 5.45. The van der Waals surface area contributed by atoms with Gasteiger partial charge in [0, 0.05) is 30.2 Å². The summed E-state index contributed by atoms with van der Waals surface area (Å²) in [5.41, 5.74) is 0.866. The van der Waals surface area contributed by atoms with Gasteiger partial charge in [-0.3, -0.25) is 4.68 Å². The molecule has 0 fully saturated rings. The summed E-state index contributed by atoms with van der Waals surface area (Å²) in [6.45, 7) is 2.48. The van der Waals surface area contributed by atoms with Crippen molar-refractivity contribution >= 4 is 26.8 Å². The number of benzene rings is 1. The molecule has 1 aromatic heterocycles. The van der Waals surface area contributed by atoms with Crippen LogP contribution in [-0.2, 0) is 11.8 Å². The molecule has 0 N–H and O–H groups in total. The number of halogens is 1. The molecule has 0 bridgehead atoms. The first-order valence-corrected chi connectivity index (χ1v) is 6.18. The highest BCUT2D eigenvalue weighted by molar-refractivity contribution is 9.10. The minimum atomic E-state index is 0.0670. The fourth-order valence-corrected chi connectivity index (χ4v) is 1.98. The van der Waals surface area contributed by atoms with E-state index in [2.05, 4.69) is 21.0 Å². The van der Waals surface area contributed by atoms with E-state index < -0.39 is 0 Å². The highest BCUT2D eigenvalue weighted by Crippen LogP contribution is 2.30. The fraction of sp³-hybridized carbons (Fsp3) is 0.417. The van der Waals surface area contributed by atoms with Crippen molar-refractivity contribution in [2.75, 3.05) is 13.7 Å². The Hall–Kier alpha value is -1.07. The maximum Gasteiger partial charge on any atom is 0.147 e. The first-order chi connectivity index (χ1) is 8.11. The van der Waals surface area contributed by atoms with Crippen LogP contribution in [0.15, 0.2) is 22.8 Å². The summed E-state index contributed by atoms with van der Waals surface area (Å²) in [6.07, 6.45) is 2.03. The van der Waals surface area contributed by atoms with Gasteiger partial charge in [0.1, 0.15) is 17.9 Å². The van der Waals surface area contributed by atoms with Gasteiger partial charge in [-0.15, -0.1) is 0 Å². The normalized spacial score (nSPS) is 12.9. The maximum atomic E-state index is 5.72. The molecule has 5 heteroatoms. The maximum absolute atomic E-state index is 5.72. The standard InChI is InChI=1S/C12H15BrN2O2/c1-8(16-3)7-17-11-5-4-10(13)9-6-15(2)14-12(9)11/h4-6,8H,7H2,1-3H3/t8-/m1/s1. The number of ether oxygens (including phenoxy) is 2. The molecule has 0 amide bonds. The van der Waals surface area contributed by atoms with Gasteiger partial charge in [0.2, 0.25) is 0 Å². The lowest BCUT2D eigenvalue weighted by Gasteiger charge is -2.11. The second kappa shape index (κ2) is 5.06. The predicted molar refractivity (Wildman–Crippen MR) is 70.4 cm³/mol. The molecule has 2 aromatic rings. The third-order valence-corrected chi connectivity index (χ3v) is 3.27. The van der Waals surface area contributed by atoms with E-state index in [0.717, 1.165) is 21.1 Å². The third-order valence-electron chi connectivity index (χ3n) is 2.58. The Morgan fingerprint density at radius 3 is 2.94 bits per heavy atom. The van der Waals surface area contributed by atoms with Gasteiger partial charge in [-0.25, -0.2) is 0 Å². The number of fused-ring (bicyclic) bond motifs is 1. The number of hydrogen-bond donors (Lipinski definition) is 0. The number of rotatable bonds is 4. The van der Waals surface area contributed by atoms with E-state index in [1.54, 1.807) is 11.8 Å². The van der Waals surface area contributed by atoms with Crippen molar-refractivity contribution in [2.45, 2.75) is 13.0 Å². The van der Waals surface area contributed by atoms with Crippen LogP contribution in [0.3, 0.4) is 0 Å². The van der Waals surface area contributed by atoms with Gasteiger partial charge in [-0.1, -0.05) is 15.9 Å².